The van der Waals surface area contributed by atoms with Crippen molar-refractivity contribution < 1.29 is 14.3 Å². The van der Waals surface area contributed by atoms with Crippen LogP contribution in [-0.2, 0) is 0 Å². The number of carboxylic acid groups (broad SMARTS) is 1. The van der Waals surface area contributed by atoms with E-state index in [0.29, 0.717) is 54.9 Å². The number of nitrogens with zero attached hydrogens (tertiary/aromatic N) is 6. The van der Waals surface area contributed by atoms with E-state index in [1.54, 1.807) is 47.6 Å². The van der Waals surface area contributed by atoms with Crippen LogP contribution in [0, 0.1) is 5.82 Å². The first-order valence-electron chi connectivity index (χ1n) is 9.90. The van der Waals surface area contributed by atoms with Gasteiger partial charge in [0, 0.05) is 38.6 Å². The molecule has 0 saturated carbocycles. The summed E-state index contributed by atoms with van der Waals surface area (Å²) in [6.07, 6.45) is 3.71. The van der Waals surface area contributed by atoms with Crippen LogP contribution in [-0.4, -0.2) is 62.2 Å². The molecule has 10 heteroatoms. The van der Waals surface area contributed by atoms with Crippen LogP contribution in [0.2, 0.25) is 0 Å². The van der Waals surface area contributed by atoms with Crippen molar-refractivity contribution in [1.82, 2.24) is 24.8 Å². The largest absolute Gasteiger partial charge is 0.465 e. The molecule has 3 aromatic rings. The van der Waals surface area contributed by atoms with Gasteiger partial charge in [-0.2, -0.15) is 4.98 Å². The highest BCUT2D eigenvalue weighted by molar-refractivity contribution is 5.65. The van der Waals surface area contributed by atoms with Crippen LogP contribution in [0.3, 0.4) is 0 Å². The van der Waals surface area contributed by atoms with E-state index in [-0.39, 0.29) is 11.9 Å². The minimum Gasteiger partial charge on any atom is -0.465 e. The summed E-state index contributed by atoms with van der Waals surface area (Å²) in [6, 6.07) is 9.94. The number of likely N-dealkylation sites (tertiary alicyclic amines) is 1. The van der Waals surface area contributed by atoms with Crippen molar-refractivity contribution in [2.75, 3.05) is 30.4 Å². The maximum absolute atomic E-state index is 14.1. The number of halogens is 1. The second-order valence-corrected chi connectivity index (χ2v) is 7.20. The first-order valence-corrected chi connectivity index (χ1v) is 9.90. The van der Waals surface area contributed by atoms with E-state index in [0.717, 1.165) is 0 Å². The Morgan fingerprint density at radius 1 is 1.10 bits per heavy atom. The number of piperidine rings is 1. The maximum atomic E-state index is 14.1. The zero-order valence-corrected chi connectivity index (χ0v) is 16.9. The van der Waals surface area contributed by atoms with E-state index in [4.69, 9.17) is 5.11 Å². The number of carbonyl (C=O) groups is 1. The molecule has 0 atom stereocenters. The predicted octanol–water partition coefficient (Wildman–Crippen LogP) is 3.39. The number of hydrogen-bond acceptors (Lipinski definition) is 7. The fourth-order valence-corrected chi connectivity index (χ4v) is 3.43. The molecule has 160 valence electrons. The average Bonchev–Trinajstić information content (AvgIpc) is 2.79. The Hall–Kier alpha value is -3.82. The molecule has 9 nitrogen and oxygen atoms in total. The third kappa shape index (κ3) is 4.68. The number of rotatable bonds is 5. The fraction of sp³-hybridized carbons (Fsp3) is 0.286. The second-order valence-electron chi connectivity index (χ2n) is 7.20. The Morgan fingerprint density at radius 2 is 1.77 bits per heavy atom. The van der Waals surface area contributed by atoms with Gasteiger partial charge in [0.05, 0.1) is 5.56 Å². The Kier molecular flexibility index (Phi) is 5.87. The summed E-state index contributed by atoms with van der Waals surface area (Å²) < 4.78 is 14.1. The lowest BCUT2D eigenvalue weighted by Gasteiger charge is -2.30. The fourth-order valence-electron chi connectivity index (χ4n) is 3.43. The zero-order chi connectivity index (χ0) is 21.8. The monoisotopic (exact) mass is 423 g/mol. The number of nitrogens with one attached hydrogen (secondary N) is 1. The van der Waals surface area contributed by atoms with E-state index in [1.807, 2.05) is 7.05 Å². The van der Waals surface area contributed by atoms with E-state index < -0.39 is 6.09 Å². The molecule has 1 aromatic carbocycles. The van der Waals surface area contributed by atoms with E-state index in [1.165, 1.54) is 11.0 Å². The summed E-state index contributed by atoms with van der Waals surface area (Å²) >= 11 is 0. The van der Waals surface area contributed by atoms with Gasteiger partial charge in [-0.05, 0) is 37.1 Å². The Bertz CT molecular complexity index is 1070. The first-order chi connectivity index (χ1) is 15.0. The van der Waals surface area contributed by atoms with Gasteiger partial charge in [0.15, 0.2) is 5.82 Å². The molecule has 0 radical (unpaired) electrons. The topological polar surface area (TPSA) is 107 Å². The summed E-state index contributed by atoms with van der Waals surface area (Å²) in [7, 11) is 1.81. The molecule has 2 aromatic heterocycles. The molecule has 1 saturated heterocycles. The maximum Gasteiger partial charge on any atom is 0.407 e. The van der Waals surface area contributed by atoms with Crippen LogP contribution in [0.1, 0.15) is 12.8 Å². The SMILES string of the molecule is CN(c1ccnc(NC2CCN(C(=O)O)CC2)n1)c1ccnc(-c2ccccc2F)n1. The summed E-state index contributed by atoms with van der Waals surface area (Å²) in [5.41, 5.74) is 0.329. The molecule has 1 aliphatic heterocycles. The number of amides is 1. The molecule has 1 amide bonds. The number of hydrogen-bond donors (Lipinski definition) is 2. The summed E-state index contributed by atoms with van der Waals surface area (Å²) in [6.45, 7) is 0.957. The molecule has 0 unspecified atom stereocenters. The summed E-state index contributed by atoms with van der Waals surface area (Å²) in [5.74, 6) is 1.54. The van der Waals surface area contributed by atoms with Crippen LogP contribution in [0.25, 0.3) is 11.4 Å². The molecule has 4 rings (SSSR count). The van der Waals surface area contributed by atoms with Gasteiger partial charge in [0.25, 0.3) is 0 Å². The molecule has 1 aliphatic rings. The lowest BCUT2D eigenvalue weighted by atomic mass is 10.1. The number of aromatic nitrogens is 4. The van der Waals surface area contributed by atoms with E-state index in [9.17, 15) is 9.18 Å². The first kappa shape index (κ1) is 20.5. The molecule has 0 aliphatic carbocycles. The van der Waals surface area contributed by atoms with Gasteiger partial charge in [-0.1, -0.05) is 12.1 Å². The van der Waals surface area contributed by atoms with Gasteiger partial charge in [0.2, 0.25) is 5.95 Å². The van der Waals surface area contributed by atoms with Gasteiger partial charge < -0.3 is 20.2 Å². The lowest BCUT2D eigenvalue weighted by molar-refractivity contribution is 0.133. The average molecular weight is 423 g/mol. The van der Waals surface area contributed by atoms with Crippen LogP contribution >= 0.6 is 0 Å². The number of benzene rings is 1. The van der Waals surface area contributed by atoms with Crippen LogP contribution < -0.4 is 10.2 Å². The van der Waals surface area contributed by atoms with Crippen molar-refractivity contribution in [2.45, 2.75) is 18.9 Å². The van der Waals surface area contributed by atoms with Crippen LogP contribution in [0.5, 0.6) is 0 Å². The van der Waals surface area contributed by atoms with Gasteiger partial charge in [0.1, 0.15) is 17.5 Å². The van der Waals surface area contributed by atoms with Crippen LogP contribution in [0.4, 0.5) is 26.8 Å². The van der Waals surface area contributed by atoms with Gasteiger partial charge in [-0.25, -0.2) is 24.1 Å². The highest BCUT2D eigenvalue weighted by atomic mass is 19.1. The van der Waals surface area contributed by atoms with Crippen molar-refractivity contribution >= 4 is 23.7 Å². The Morgan fingerprint density at radius 3 is 2.48 bits per heavy atom. The second kappa shape index (κ2) is 8.90. The lowest BCUT2D eigenvalue weighted by Crippen LogP contribution is -2.41. The van der Waals surface area contributed by atoms with Crippen molar-refractivity contribution in [2.24, 2.45) is 0 Å². The molecular formula is C21H22FN7O2. The molecule has 31 heavy (non-hydrogen) atoms. The minimum absolute atomic E-state index is 0.0999. The van der Waals surface area contributed by atoms with Crippen molar-refractivity contribution in [1.29, 1.82) is 0 Å². The number of anilines is 3. The molecule has 1 fully saturated rings. The quantitative estimate of drug-likeness (QED) is 0.643. The molecule has 0 bridgehead atoms. The normalized spacial score (nSPS) is 14.3. The van der Waals surface area contributed by atoms with Crippen molar-refractivity contribution in [3.63, 3.8) is 0 Å². The third-order valence-electron chi connectivity index (χ3n) is 5.18. The minimum atomic E-state index is -0.891. The Balaban J connectivity index is 1.49. The molecule has 0 spiro atoms. The highest BCUT2D eigenvalue weighted by Crippen LogP contribution is 2.24. The molecule has 2 N–H and O–H groups in total. The summed E-state index contributed by atoms with van der Waals surface area (Å²) in [5, 5.41) is 12.4. The van der Waals surface area contributed by atoms with Crippen LogP contribution in [0.15, 0.2) is 48.8 Å². The van der Waals surface area contributed by atoms with E-state index in [2.05, 4.69) is 25.3 Å². The van der Waals surface area contributed by atoms with Crippen molar-refractivity contribution in [3.05, 3.63) is 54.6 Å². The molecular weight excluding hydrogens is 401 g/mol. The van der Waals surface area contributed by atoms with Gasteiger partial charge in [-0.3, -0.25) is 0 Å². The highest BCUT2D eigenvalue weighted by Gasteiger charge is 2.23. The predicted molar refractivity (Wildman–Crippen MR) is 114 cm³/mol. The van der Waals surface area contributed by atoms with E-state index >= 15 is 0 Å². The standard InChI is InChI=1S/C21H22FN7O2/c1-28(17-6-10-23-19(26-17)15-4-2-3-5-16(15)22)18-7-11-24-20(27-18)25-14-8-12-29(13-9-14)21(30)31/h2-7,10-11,14H,8-9,12-13H2,1H3,(H,30,31)(H,24,25,27). The molecule has 3 heterocycles. The smallest absolute Gasteiger partial charge is 0.407 e. The summed E-state index contributed by atoms with van der Waals surface area (Å²) in [4.78, 5) is 31.7. The third-order valence-corrected chi connectivity index (χ3v) is 5.18. The van der Waals surface area contributed by atoms with Crippen molar-refractivity contribution in [3.8, 4) is 11.4 Å². The van der Waals surface area contributed by atoms with Gasteiger partial charge >= 0.3 is 6.09 Å². The Labute approximate surface area is 178 Å². The zero-order valence-electron chi connectivity index (χ0n) is 16.9. The van der Waals surface area contributed by atoms with Gasteiger partial charge in [-0.15, -0.1) is 0 Å².